The van der Waals surface area contributed by atoms with E-state index in [9.17, 15) is 14.7 Å². The van der Waals surface area contributed by atoms with Gasteiger partial charge in [-0.1, -0.05) is 82.2 Å². The van der Waals surface area contributed by atoms with Crippen molar-refractivity contribution in [2.75, 3.05) is 27.2 Å². The van der Waals surface area contributed by atoms with Gasteiger partial charge < -0.3 is 19.6 Å². The molecule has 31 heavy (non-hydrogen) atoms. The lowest BCUT2D eigenvalue weighted by Crippen LogP contribution is -2.43. The summed E-state index contributed by atoms with van der Waals surface area (Å²) in [6.45, 7) is 3.74. The molecule has 0 saturated heterocycles. The summed E-state index contributed by atoms with van der Waals surface area (Å²) in [7, 11) is 3.98. The number of rotatable bonds is 17. The number of carbonyl (C=O) groups excluding carboxylic acids is 1. The number of benzene rings is 1. The zero-order valence-electron chi connectivity index (χ0n) is 19.7. The monoisotopic (exact) mass is 434 g/mol. The molecule has 0 spiro atoms. The maximum Gasteiger partial charge on any atom is 0.410 e. The maximum absolute atomic E-state index is 12.9. The third-order valence-electron chi connectivity index (χ3n) is 5.44. The summed E-state index contributed by atoms with van der Waals surface area (Å²) >= 11 is 0. The van der Waals surface area contributed by atoms with Crippen molar-refractivity contribution in [1.29, 1.82) is 0 Å². The lowest BCUT2D eigenvalue weighted by atomic mass is 10.0. The fourth-order valence-corrected chi connectivity index (χ4v) is 3.69. The quantitative estimate of drug-likeness (QED) is 0.325. The van der Waals surface area contributed by atoms with Crippen LogP contribution in [0.15, 0.2) is 30.3 Å². The van der Waals surface area contributed by atoms with Gasteiger partial charge in [-0.3, -0.25) is 4.79 Å². The molecule has 0 aliphatic carbocycles. The van der Waals surface area contributed by atoms with Crippen LogP contribution in [0.2, 0.25) is 0 Å². The highest BCUT2D eigenvalue weighted by atomic mass is 16.6. The number of carboxylic acid groups (broad SMARTS) is 1. The van der Waals surface area contributed by atoms with Gasteiger partial charge in [0.1, 0.15) is 6.61 Å². The minimum absolute atomic E-state index is 0.0434. The van der Waals surface area contributed by atoms with E-state index in [-0.39, 0.29) is 19.1 Å². The molecular formula is C25H42N2O4. The van der Waals surface area contributed by atoms with Crippen LogP contribution in [0.4, 0.5) is 4.79 Å². The first kappa shape index (κ1) is 27.0. The number of amides is 1. The van der Waals surface area contributed by atoms with Crippen LogP contribution in [-0.4, -0.2) is 60.2 Å². The summed E-state index contributed by atoms with van der Waals surface area (Å²) in [5.41, 5.74) is 0.922. The molecule has 1 N–H and O–H groups in total. The van der Waals surface area contributed by atoms with Crippen molar-refractivity contribution in [2.45, 2.75) is 83.8 Å². The van der Waals surface area contributed by atoms with E-state index in [2.05, 4.69) is 11.8 Å². The van der Waals surface area contributed by atoms with Gasteiger partial charge in [0.05, 0.1) is 6.42 Å². The molecule has 0 aromatic heterocycles. The first-order valence-electron chi connectivity index (χ1n) is 11.8. The molecule has 0 aliphatic heterocycles. The van der Waals surface area contributed by atoms with Crippen LogP contribution in [-0.2, 0) is 16.1 Å². The maximum atomic E-state index is 12.9. The molecular weight excluding hydrogens is 392 g/mol. The van der Waals surface area contributed by atoms with Crippen molar-refractivity contribution in [1.82, 2.24) is 9.80 Å². The summed E-state index contributed by atoms with van der Waals surface area (Å²) in [5.74, 6) is -0.874. The van der Waals surface area contributed by atoms with E-state index >= 15 is 0 Å². The normalized spacial score (nSPS) is 12.0. The molecule has 0 radical (unpaired) electrons. The average Bonchev–Trinajstić information content (AvgIpc) is 2.74. The Labute approximate surface area is 188 Å². The van der Waals surface area contributed by atoms with E-state index in [1.54, 1.807) is 4.90 Å². The molecule has 1 rings (SSSR count). The SMILES string of the molecule is CCCCCCCCCC(CC(=O)O)N(CCCN(C)C)C(=O)OCc1ccccc1. The van der Waals surface area contributed by atoms with Gasteiger partial charge in [0, 0.05) is 12.6 Å². The number of hydrogen-bond donors (Lipinski definition) is 1. The second-order valence-corrected chi connectivity index (χ2v) is 8.55. The van der Waals surface area contributed by atoms with Gasteiger partial charge in [-0.15, -0.1) is 0 Å². The third-order valence-corrected chi connectivity index (χ3v) is 5.44. The van der Waals surface area contributed by atoms with E-state index in [0.717, 1.165) is 31.4 Å². The predicted molar refractivity (Wildman–Crippen MR) is 125 cm³/mol. The smallest absolute Gasteiger partial charge is 0.410 e. The summed E-state index contributed by atoms with van der Waals surface area (Å²) in [6, 6.07) is 9.23. The molecule has 0 saturated carbocycles. The Balaban J connectivity index is 2.69. The van der Waals surface area contributed by atoms with Gasteiger partial charge >= 0.3 is 12.1 Å². The Morgan fingerprint density at radius 2 is 1.58 bits per heavy atom. The number of carboxylic acids is 1. The largest absolute Gasteiger partial charge is 0.481 e. The van der Waals surface area contributed by atoms with E-state index in [0.29, 0.717) is 13.0 Å². The molecule has 1 unspecified atom stereocenters. The molecule has 0 aliphatic rings. The standard InChI is InChI=1S/C25H42N2O4/c1-4-5-6-7-8-9-13-17-23(20-24(28)29)27(19-14-18-26(2)3)25(30)31-21-22-15-11-10-12-16-22/h10-12,15-16,23H,4-9,13-14,17-21H2,1-3H3,(H,28,29). The Morgan fingerprint density at radius 1 is 0.935 bits per heavy atom. The van der Waals surface area contributed by atoms with Crippen LogP contribution in [0.25, 0.3) is 0 Å². The van der Waals surface area contributed by atoms with Gasteiger partial charge in [0.2, 0.25) is 0 Å². The summed E-state index contributed by atoms with van der Waals surface area (Å²) in [5, 5.41) is 9.45. The van der Waals surface area contributed by atoms with E-state index < -0.39 is 12.1 Å². The molecule has 6 heteroatoms. The first-order valence-corrected chi connectivity index (χ1v) is 11.8. The molecule has 1 aromatic rings. The van der Waals surface area contributed by atoms with Crippen LogP contribution < -0.4 is 0 Å². The second kappa shape index (κ2) is 16.6. The minimum atomic E-state index is -0.874. The van der Waals surface area contributed by atoms with Crippen molar-refractivity contribution in [3.63, 3.8) is 0 Å². The molecule has 6 nitrogen and oxygen atoms in total. The topological polar surface area (TPSA) is 70.1 Å². The number of aliphatic carboxylic acids is 1. The van der Waals surface area contributed by atoms with E-state index in [4.69, 9.17) is 4.74 Å². The van der Waals surface area contributed by atoms with Crippen LogP contribution in [0, 0.1) is 0 Å². The molecule has 0 bridgehead atoms. The van der Waals surface area contributed by atoms with Crippen molar-refractivity contribution >= 4 is 12.1 Å². The molecule has 1 aromatic carbocycles. The van der Waals surface area contributed by atoms with E-state index in [1.165, 1.54) is 32.1 Å². The molecule has 1 amide bonds. The predicted octanol–water partition coefficient (Wildman–Crippen LogP) is 5.56. The minimum Gasteiger partial charge on any atom is -0.481 e. The molecule has 1 atom stereocenters. The molecule has 176 valence electrons. The summed E-state index contributed by atoms with van der Waals surface area (Å²) in [6.07, 6.45) is 9.17. The lowest BCUT2D eigenvalue weighted by Gasteiger charge is -2.31. The van der Waals surface area contributed by atoms with Gasteiger partial charge in [-0.25, -0.2) is 4.79 Å². The number of ether oxygens (including phenoxy) is 1. The van der Waals surface area contributed by atoms with Gasteiger partial charge in [-0.05, 0) is 39.0 Å². The van der Waals surface area contributed by atoms with Crippen molar-refractivity contribution < 1.29 is 19.4 Å². The second-order valence-electron chi connectivity index (χ2n) is 8.55. The Hall–Kier alpha value is -2.08. The lowest BCUT2D eigenvalue weighted by molar-refractivity contribution is -0.138. The van der Waals surface area contributed by atoms with Crippen LogP contribution >= 0.6 is 0 Å². The fraction of sp³-hybridized carbons (Fsp3) is 0.680. The van der Waals surface area contributed by atoms with Crippen LogP contribution in [0.1, 0.15) is 76.7 Å². The zero-order valence-corrected chi connectivity index (χ0v) is 19.7. The number of carbonyl (C=O) groups is 2. The van der Waals surface area contributed by atoms with Gasteiger partial charge in [-0.2, -0.15) is 0 Å². The molecule has 0 heterocycles. The summed E-state index contributed by atoms with van der Waals surface area (Å²) < 4.78 is 5.56. The van der Waals surface area contributed by atoms with Crippen LogP contribution in [0.5, 0.6) is 0 Å². The van der Waals surface area contributed by atoms with Crippen LogP contribution in [0.3, 0.4) is 0 Å². The summed E-state index contributed by atoms with van der Waals surface area (Å²) in [4.78, 5) is 28.2. The number of nitrogens with zero attached hydrogens (tertiary/aromatic N) is 2. The van der Waals surface area contributed by atoms with Crippen molar-refractivity contribution in [3.8, 4) is 0 Å². The molecule has 0 fully saturated rings. The number of unbranched alkanes of at least 4 members (excludes halogenated alkanes) is 6. The fourth-order valence-electron chi connectivity index (χ4n) is 3.69. The highest BCUT2D eigenvalue weighted by Gasteiger charge is 2.26. The zero-order chi connectivity index (χ0) is 22.9. The third kappa shape index (κ3) is 13.0. The highest BCUT2D eigenvalue weighted by Crippen LogP contribution is 2.18. The van der Waals surface area contributed by atoms with Crippen molar-refractivity contribution in [3.05, 3.63) is 35.9 Å². The Morgan fingerprint density at radius 3 is 2.19 bits per heavy atom. The van der Waals surface area contributed by atoms with Gasteiger partial charge in [0.25, 0.3) is 0 Å². The van der Waals surface area contributed by atoms with Crippen molar-refractivity contribution in [2.24, 2.45) is 0 Å². The number of hydrogen-bond acceptors (Lipinski definition) is 4. The van der Waals surface area contributed by atoms with Gasteiger partial charge in [0.15, 0.2) is 0 Å². The Kier molecular flexibility index (Phi) is 14.4. The van der Waals surface area contributed by atoms with E-state index in [1.807, 2.05) is 44.4 Å². The highest BCUT2D eigenvalue weighted by molar-refractivity contribution is 5.71. The first-order chi connectivity index (χ1) is 14.9. The average molecular weight is 435 g/mol. The Bertz CT molecular complexity index is 607.